The fourth-order valence-corrected chi connectivity index (χ4v) is 1.28. The topological polar surface area (TPSA) is 50.1 Å². The number of hydrogen-bond acceptors (Lipinski definition) is 3. The van der Waals surface area contributed by atoms with Gasteiger partial charge in [0.1, 0.15) is 6.07 Å². The molecule has 5 heteroatoms. The van der Waals surface area contributed by atoms with Gasteiger partial charge in [0, 0.05) is 0 Å². The highest BCUT2D eigenvalue weighted by Gasteiger charge is 2.12. The Balaban J connectivity index is 3.32. The number of carbonyl (C=O) groups is 1. The molecule has 0 saturated carbocycles. The van der Waals surface area contributed by atoms with E-state index in [1.807, 2.05) is 6.07 Å². The molecular weight excluding hydrogens is 225 g/mol. The Hall–Kier alpha value is -1.24. The van der Waals surface area contributed by atoms with Crippen molar-refractivity contribution in [3.8, 4) is 6.07 Å². The number of halogens is 2. The fraction of sp³-hybridized carbons (Fsp3) is 0.111. The second-order valence-electron chi connectivity index (χ2n) is 2.42. The van der Waals surface area contributed by atoms with E-state index in [9.17, 15) is 4.79 Å². The molecule has 0 fully saturated rings. The zero-order valence-electron chi connectivity index (χ0n) is 7.17. The van der Waals surface area contributed by atoms with Crippen LogP contribution in [0.2, 0.25) is 10.0 Å². The Kier molecular flexibility index (Phi) is 3.34. The third-order valence-corrected chi connectivity index (χ3v) is 2.37. The normalized spacial score (nSPS) is 9.29. The second-order valence-corrected chi connectivity index (χ2v) is 3.21. The van der Waals surface area contributed by atoms with Gasteiger partial charge in [-0.2, -0.15) is 5.26 Å². The maximum Gasteiger partial charge on any atom is 0.337 e. The summed E-state index contributed by atoms with van der Waals surface area (Å²) in [5.74, 6) is -0.555. The lowest BCUT2D eigenvalue weighted by atomic mass is 10.1. The van der Waals surface area contributed by atoms with Crippen LogP contribution in [0.25, 0.3) is 0 Å². The number of nitriles is 1. The molecule has 0 heterocycles. The molecule has 0 N–H and O–H groups in total. The van der Waals surface area contributed by atoms with E-state index >= 15 is 0 Å². The van der Waals surface area contributed by atoms with Gasteiger partial charge < -0.3 is 4.74 Å². The fourth-order valence-electron chi connectivity index (χ4n) is 0.906. The molecule has 1 aromatic rings. The Labute approximate surface area is 90.8 Å². The first kappa shape index (κ1) is 10.8. The van der Waals surface area contributed by atoms with Crippen LogP contribution in [0.4, 0.5) is 0 Å². The Morgan fingerprint density at radius 2 is 2.14 bits per heavy atom. The van der Waals surface area contributed by atoms with Gasteiger partial charge in [-0.3, -0.25) is 0 Å². The minimum atomic E-state index is -0.555. The van der Waals surface area contributed by atoms with Gasteiger partial charge in [0.15, 0.2) is 0 Å². The van der Waals surface area contributed by atoms with Crippen molar-refractivity contribution in [3.63, 3.8) is 0 Å². The highest BCUT2D eigenvalue weighted by atomic mass is 35.5. The van der Waals surface area contributed by atoms with Crippen LogP contribution in [0.3, 0.4) is 0 Å². The van der Waals surface area contributed by atoms with E-state index in [-0.39, 0.29) is 21.2 Å². The van der Waals surface area contributed by atoms with E-state index in [4.69, 9.17) is 28.5 Å². The molecule has 0 amide bonds. The molecule has 0 aromatic heterocycles. The van der Waals surface area contributed by atoms with Crippen molar-refractivity contribution in [2.45, 2.75) is 0 Å². The molecular formula is C9H5Cl2NO2. The smallest absolute Gasteiger partial charge is 0.337 e. The number of esters is 1. The molecule has 1 rings (SSSR count). The minimum Gasteiger partial charge on any atom is -0.465 e. The second kappa shape index (κ2) is 4.32. The summed E-state index contributed by atoms with van der Waals surface area (Å²) in [6.45, 7) is 0. The van der Waals surface area contributed by atoms with Crippen LogP contribution in [-0.4, -0.2) is 13.1 Å². The SMILES string of the molecule is COC(=O)c1cc(Cl)c(Cl)c(C#N)c1. The van der Waals surface area contributed by atoms with E-state index < -0.39 is 5.97 Å². The van der Waals surface area contributed by atoms with Crippen LogP contribution in [0, 0.1) is 11.3 Å². The molecule has 0 aliphatic carbocycles. The van der Waals surface area contributed by atoms with Gasteiger partial charge in [0.2, 0.25) is 0 Å². The molecule has 72 valence electrons. The maximum absolute atomic E-state index is 11.1. The highest BCUT2D eigenvalue weighted by Crippen LogP contribution is 2.27. The Morgan fingerprint density at radius 3 is 2.64 bits per heavy atom. The third kappa shape index (κ3) is 1.98. The van der Waals surface area contributed by atoms with Crippen LogP contribution in [0.1, 0.15) is 15.9 Å². The van der Waals surface area contributed by atoms with Crippen LogP contribution >= 0.6 is 23.2 Å². The Morgan fingerprint density at radius 1 is 1.50 bits per heavy atom. The van der Waals surface area contributed by atoms with E-state index in [1.54, 1.807) is 0 Å². The lowest BCUT2D eigenvalue weighted by Crippen LogP contribution is -2.01. The lowest BCUT2D eigenvalue weighted by molar-refractivity contribution is 0.0600. The van der Waals surface area contributed by atoms with Crippen molar-refractivity contribution in [1.29, 1.82) is 5.26 Å². The van der Waals surface area contributed by atoms with Gasteiger partial charge >= 0.3 is 5.97 Å². The number of nitrogens with zero attached hydrogens (tertiary/aromatic N) is 1. The van der Waals surface area contributed by atoms with Crippen molar-refractivity contribution in [1.82, 2.24) is 0 Å². The van der Waals surface area contributed by atoms with E-state index in [0.717, 1.165) is 0 Å². The first-order valence-corrected chi connectivity index (χ1v) is 4.33. The maximum atomic E-state index is 11.1. The zero-order valence-corrected chi connectivity index (χ0v) is 8.69. The number of methoxy groups -OCH3 is 1. The first-order chi connectivity index (χ1) is 6.60. The van der Waals surface area contributed by atoms with Gasteiger partial charge in [-0.05, 0) is 12.1 Å². The van der Waals surface area contributed by atoms with Crippen molar-refractivity contribution < 1.29 is 9.53 Å². The van der Waals surface area contributed by atoms with E-state index in [1.165, 1.54) is 19.2 Å². The van der Waals surface area contributed by atoms with Crippen molar-refractivity contribution in [2.24, 2.45) is 0 Å². The Bertz CT molecular complexity index is 424. The molecule has 3 nitrogen and oxygen atoms in total. The lowest BCUT2D eigenvalue weighted by Gasteiger charge is -2.02. The van der Waals surface area contributed by atoms with Crippen LogP contribution < -0.4 is 0 Å². The third-order valence-electron chi connectivity index (χ3n) is 1.57. The molecule has 0 unspecified atom stereocenters. The molecule has 0 radical (unpaired) electrons. The van der Waals surface area contributed by atoms with Gasteiger partial charge in [0.25, 0.3) is 0 Å². The summed E-state index contributed by atoms with van der Waals surface area (Å²) in [5.41, 5.74) is 0.359. The molecule has 0 saturated heterocycles. The van der Waals surface area contributed by atoms with Crippen LogP contribution in [-0.2, 0) is 4.74 Å². The minimum absolute atomic E-state index is 0.141. The van der Waals surface area contributed by atoms with E-state index in [2.05, 4.69) is 4.74 Å². The molecule has 0 atom stereocenters. The van der Waals surface area contributed by atoms with Crippen molar-refractivity contribution in [2.75, 3.05) is 7.11 Å². The average molecular weight is 230 g/mol. The predicted molar refractivity (Wildman–Crippen MR) is 52.5 cm³/mol. The van der Waals surface area contributed by atoms with E-state index in [0.29, 0.717) is 0 Å². The number of rotatable bonds is 1. The quantitative estimate of drug-likeness (QED) is 0.696. The van der Waals surface area contributed by atoms with Crippen LogP contribution in [0.15, 0.2) is 12.1 Å². The molecule has 1 aromatic carbocycles. The van der Waals surface area contributed by atoms with Gasteiger partial charge in [-0.25, -0.2) is 4.79 Å². The number of ether oxygens (including phenoxy) is 1. The first-order valence-electron chi connectivity index (χ1n) is 3.57. The van der Waals surface area contributed by atoms with Gasteiger partial charge in [-0.1, -0.05) is 23.2 Å². The average Bonchev–Trinajstić information content (AvgIpc) is 2.20. The molecule has 0 aliphatic rings. The summed E-state index contributed by atoms with van der Waals surface area (Å²) in [7, 11) is 1.25. The predicted octanol–water partition coefficient (Wildman–Crippen LogP) is 2.65. The molecule has 0 bridgehead atoms. The van der Waals surface area contributed by atoms with Crippen LogP contribution in [0.5, 0.6) is 0 Å². The standard InChI is InChI=1S/C9H5Cl2NO2/c1-14-9(13)5-2-6(4-12)8(11)7(10)3-5/h2-3H,1H3. The highest BCUT2D eigenvalue weighted by molar-refractivity contribution is 6.42. The number of benzene rings is 1. The zero-order chi connectivity index (χ0) is 10.7. The largest absolute Gasteiger partial charge is 0.465 e. The van der Waals surface area contributed by atoms with Crippen molar-refractivity contribution >= 4 is 29.2 Å². The van der Waals surface area contributed by atoms with Gasteiger partial charge in [0.05, 0.1) is 28.3 Å². The molecule has 0 aliphatic heterocycles. The molecule has 0 spiro atoms. The summed E-state index contributed by atoms with van der Waals surface area (Å²) in [4.78, 5) is 11.1. The number of carbonyl (C=O) groups excluding carboxylic acids is 1. The monoisotopic (exact) mass is 229 g/mol. The number of hydrogen-bond donors (Lipinski definition) is 0. The van der Waals surface area contributed by atoms with Gasteiger partial charge in [-0.15, -0.1) is 0 Å². The summed E-state index contributed by atoms with van der Waals surface area (Å²) < 4.78 is 4.48. The summed E-state index contributed by atoms with van der Waals surface area (Å²) >= 11 is 11.4. The summed E-state index contributed by atoms with van der Waals surface area (Å²) in [6, 6.07) is 4.52. The summed E-state index contributed by atoms with van der Waals surface area (Å²) in [6.07, 6.45) is 0. The van der Waals surface area contributed by atoms with Crippen molar-refractivity contribution in [3.05, 3.63) is 33.3 Å². The molecule has 14 heavy (non-hydrogen) atoms. The summed E-state index contributed by atoms with van der Waals surface area (Å²) in [5, 5.41) is 8.98.